The van der Waals surface area contributed by atoms with Gasteiger partial charge in [0, 0.05) is 48.1 Å². The van der Waals surface area contributed by atoms with Gasteiger partial charge >= 0.3 is 5.97 Å². The summed E-state index contributed by atoms with van der Waals surface area (Å²) in [6.45, 7) is 7.55. The molecule has 5 nitrogen and oxygen atoms in total. The van der Waals surface area contributed by atoms with Gasteiger partial charge in [-0.15, -0.1) is 0 Å². The molecule has 0 aliphatic carbocycles. The van der Waals surface area contributed by atoms with Crippen LogP contribution < -0.4 is 10.2 Å². The molecule has 1 amide bonds. The van der Waals surface area contributed by atoms with Gasteiger partial charge in [-0.05, 0) is 56.5 Å². The fourth-order valence-corrected chi connectivity index (χ4v) is 4.28. The Labute approximate surface area is 189 Å². The number of esters is 1. The Kier molecular flexibility index (Phi) is 7.74. The van der Waals surface area contributed by atoms with Crippen molar-refractivity contribution in [3.63, 3.8) is 0 Å². The second-order valence-electron chi connectivity index (χ2n) is 8.42. The molecule has 0 bridgehead atoms. The molecule has 0 radical (unpaired) electrons. The predicted molar refractivity (Wildman–Crippen MR) is 125 cm³/mol. The van der Waals surface area contributed by atoms with Gasteiger partial charge in [0.05, 0.1) is 6.61 Å². The molecule has 6 heteroatoms. The van der Waals surface area contributed by atoms with Gasteiger partial charge in [0.1, 0.15) is 0 Å². The number of rotatable bonds is 9. The highest BCUT2D eigenvalue weighted by Crippen LogP contribution is 2.40. The van der Waals surface area contributed by atoms with E-state index in [-0.39, 0.29) is 23.3 Å². The SMILES string of the molecule is CCOC(=O)CCC1CN(C(=O)CCNC(C)(C)c2ccccc2)c2ccc(Cl)cc21. The molecule has 1 heterocycles. The van der Waals surface area contributed by atoms with E-state index in [1.54, 1.807) is 6.92 Å². The van der Waals surface area contributed by atoms with Crippen LogP contribution in [0.1, 0.15) is 57.1 Å². The Balaban J connectivity index is 1.62. The molecule has 0 saturated heterocycles. The Hall–Kier alpha value is -2.37. The fourth-order valence-electron chi connectivity index (χ4n) is 4.10. The van der Waals surface area contributed by atoms with Crippen LogP contribution in [-0.2, 0) is 19.9 Å². The van der Waals surface area contributed by atoms with Gasteiger partial charge in [-0.3, -0.25) is 9.59 Å². The molecule has 1 unspecified atom stereocenters. The first-order chi connectivity index (χ1) is 14.8. The highest BCUT2D eigenvalue weighted by molar-refractivity contribution is 6.30. The molecule has 1 aliphatic rings. The minimum absolute atomic E-state index is 0.0681. The van der Waals surface area contributed by atoms with Crippen molar-refractivity contribution >= 4 is 29.2 Å². The number of halogens is 1. The molecule has 3 rings (SSSR count). The van der Waals surface area contributed by atoms with Gasteiger partial charge < -0.3 is 15.0 Å². The van der Waals surface area contributed by atoms with Crippen LogP contribution in [0.3, 0.4) is 0 Å². The van der Waals surface area contributed by atoms with E-state index in [0.717, 1.165) is 11.3 Å². The number of hydrogen-bond acceptors (Lipinski definition) is 4. The quantitative estimate of drug-likeness (QED) is 0.553. The topological polar surface area (TPSA) is 58.6 Å². The van der Waals surface area contributed by atoms with Crippen LogP contribution in [0.25, 0.3) is 0 Å². The van der Waals surface area contributed by atoms with Gasteiger partial charge in [-0.1, -0.05) is 41.9 Å². The van der Waals surface area contributed by atoms with Crippen LogP contribution in [0, 0.1) is 0 Å². The van der Waals surface area contributed by atoms with Crippen LogP contribution in [0.15, 0.2) is 48.5 Å². The van der Waals surface area contributed by atoms with Crippen LogP contribution in [0.5, 0.6) is 0 Å². The van der Waals surface area contributed by atoms with Crippen molar-refractivity contribution in [1.29, 1.82) is 0 Å². The number of ether oxygens (including phenoxy) is 1. The molecule has 2 aromatic carbocycles. The third-order valence-corrected chi connectivity index (χ3v) is 6.06. The average Bonchev–Trinajstić information content (AvgIpc) is 3.11. The van der Waals surface area contributed by atoms with Crippen LogP contribution in [0.2, 0.25) is 5.02 Å². The molecule has 0 saturated carbocycles. The van der Waals surface area contributed by atoms with E-state index < -0.39 is 0 Å². The summed E-state index contributed by atoms with van der Waals surface area (Å²) in [5.41, 5.74) is 2.89. The van der Waals surface area contributed by atoms with Crippen molar-refractivity contribution in [3.05, 3.63) is 64.7 Å². The van der Waals surface area contributed by atoms with Crippen molar-refractivity contribution in [2.75, 3.05) is 24.6 Å². The molecule has 166 valence electrons. The minimum Gasteiger partial charge on any atom is -0.466 e. The first-order valence-corrected chi connectivity index (χ1v) is 11.3. The Morgan fingerprint density at radius 3 is 2.61 bits per heavy atom. The number of nitrogens with zero attached hydrogens (tertiary/aromatic N) is 1. The normalized spacial score (nSPS) is 15.6. The summed E-state index contributed by atoms with van der Waals surface area (Å²) in [7, 11) is 0. The monoisotopic (exact) mass is 442 g/mol. The van der Waals surface area contributed by atoms with Crippen molar-refractivity contribution in [2.45, 2.75) is 51.5 Å². The second-order valence-corrected chi connectivity index (χ2v) is 8.85. The Morgan fingerprint density at radius 1 is 1.16 bits per heavy atom. The second kappa shape index (κ2) is 10.3. The molecule has 0 fully saturated rings. The molecule has 2 aromatic rings. The van der Waals surface area contributed by atoms with Gasteiger partial charge in [0.15, 0.2) is 0 Å². The van der Waals surface area contributed by atoms with Crippen molar-refractivity contribution in [1.82, 2.24) is 5.32 Å². The molecular formula is C25H31ClN2O3. The van der Waals surface area contributed by atoms with Crippen LogP contribution >= 0.6 is 11.6 Å². The molecule has 1 N–H and O–H groups in total. The van der Waals surface area contributed by atoms with Gasteiger partial charge in [-0.2, -0.15) is 0 Å². The number of anilines is 1. The van der Waals surface area contributed by atoms with Crippen LogP contribution in [0.4, 0.5) is 5.69 Å². The maximum atomic E-state index is 13.1. The first kappa shape index (κ1) is 23.3. The number of carbonyl (C=O) groups excluding carboxylic acids is 2. The van der Waals surface area contributed by atoms with Crippen molar-refractivity contribution in [3.8, 4) is 0 Å². The highest BCUT2D eigenvalue weighted by atomic mass is 35.5. The molecule has 0 spiro atoms. The standard InChI is InChI=1S/C25H31ClN2O3/c1-4-31-24(30)13-10-18-17-28(22-12-11-20(26)16-21(18)22)23(29)14-15-27-25(2,3)19-8-6-5-7-9-19/h5-9,11-12,16,18,27H,4,10,13-15,17H2,1-3H3. The molecular weight excluding hydrogens is 412 g/mol. The zero-order chi connectivity index (χ0) is 22.4. The summed E-state index contributed by atoms with van der Waals surface area (Å²) in [5, 5.41) is 4.14. The van der Waals surface area contributed by atoms with E-state index >= 15 is 0 Å². The maximum absolute atomic E-state index is 13.1. The lowest BCUT2D eigenvalue weighted by atomic mass is 9.94. The molecule has 1 atom stereocenters. The van der Waals surface area contributed by atoms with Gasteiger partial charge in [0.2, 0.25) is 5.91 Å². The fraction of sp³-hybridized carbons (Fsp3) is 0.440. The minimum atomic E-state index is -0.222. The predicted octanol–water partition coefficient (Wildman–Crippen LogP) is 5.03. The number of carbonyl (C=O) groups is 2. The highest BCUT2D eigenvalue weighted by Gasteiger charge is 2.32. The summed E-state index contributed by atoms with van der Waals surface area (Å²) in [6, 6.07) is 15.8. The summed E-state index contributed by atoms with van der Waals surface area (Å²) in [6.07, 6.45) is 1.36. The maximum Gasteiger partial charge on any atom is 0.305 e. The molecule has 0 aromatic heterocycles. The van der Waals surface area contributed by atoms with Crippen LogP contribution in [-0.4, -0.2) is 31.6 Å². The summed E-state index contributed by atoms with van der Waals surface area (Å²) < 4.78 is 5.06. The van der Waals surface area contributed by atoms with E-state index in [9.17, 15) is 9.59 Å². The summed E-state index contributed by atoms with van der Waals surface area (Å²) in [4.78, 5) is 26.7. The first-order valence-electron chi connectivity index (χ1n) is 10.9. The smallest absolute Gasteiger partial charge is 0.305 e. The van der Waals surface area contributed by atoms with Gasteiger partial charge in [0.25, 0.3) is 0 Å². The lowest BCUT2D eigenvalue weighted by Crippen LogP contribution is -2.39. The Bertz CT molecular complexity index is 914. The van der Waals surface area contributed by atoms with Crippen molar-refractivity contribution in [2.24, 2.45) is 0 Å². The number of benzene rings is 2. The zero-order valence-electron chi connectivity index (χ0n) is 18.5. The third-order valence-electron chi connectivity index (χ3n) is 5.83. The van der Waals surface area contributed by atoms with Crippen molar-refractivity contribution < 1.29 is 14.3 Å². The number of amides is 1. The lowest BCUT2D eigenvalue weighted by Gasteiger charge is -2.27. The molecule has 1 aliphatic heterocycles. The number of fused-ring (bicyclic) bond motifs is 1. The molecule has 31 heavy (non-hydrogen) atoms. The third kappa shape index (κ3) is 5.86. The summed E-state index contributed by atoms with van der Waals surface area (Å²) >= 11 is 6.22. The van der Waals surface area contributed by atoms with E-state index in [2.05, 4.69) is 31.3 Å². The lowest BCUT2D eigenvalue weighted by molar-refractivity contribution is -0.143. The van der Waals surface area contributed by atoms with E-state index in [1.165, 1.54) is 5.56 Å². The van der Waals surface area contributed by atoms with E-state index in [1.807, 2.05) is 41.3 Å². The number of hydrogen-bond donors (Lipinski definition) is 1. The number of nitrogens with one attached hydrogen (secondary N) is 1. The van der Waals surface area contributed by atoms with E-state index in [4.69, 9.17) is 16.3 Å². The zero-order valence-corrected chi connectivity index (χ0v) is 19.2. The van der Waals surface area contributed by atoms with Gasteiger partial charge in [-0.25, -0.2) is 0 Å². The Morgan fingerprint density at radius 2 is 1.90 bits per heavy atom. The summed E-state index contributed by atoms with van der Waals surface area (Å²) in [5.74, 6) is -0.0578. The average molecular weight is 443 g/mol. The van der Waals surface area contributed by atoms with E-state index in [0.29, 0.717) is 44.0 Å². The largest absolute Gasteiger partial charge is 0.466 e.